The zero-order valence-corrected chi connectivity index (χ0v) is 14.3. The van der Waals surface area contributed by atoms with Crippen LogP contribution in [0.15, 0.2) is 47.0 Å². The van der Waals surface area contributed by atoms with Gasteiger partial charge in [0.2, 0.25) is 0 Å². The maximum Gasteiger partial charge on any atom is 0.343 e. The molecule has 0 N–H and O–H groups in total. The van der Waals surface area contributed by atoms with E-state index in [-0.39, 0.29) is 6.61 Å². The molecule has 2 aromatic carbocycles. The third kappa shape index (κ3) is 4.23. The van der Waals surface area contributed by atoms with E-state index in [4.69, 9.17) is 14.0 Å². The van der Waals surface area contributed by atoms with Gasteiger partial charge in [-0.05, 0) is 68.3 Å². The smallest absolute Gasteiger partial charge is 0.343 e. The number of carbonyl (C=O) groups is 1. The van der Waals surface area contributed by atoms with E-state index in [0.29, 0.717) is 28.8 Å². The second-order valence-corrected chi connectivity index (χ2v) is 5.68. The molecule has 6 nitrogen and oxygen atoms in total. The molecule has 0 aliphatic heterocycles. The number of aromatic nitrogens is 2. The van der Waals surface area contributed by atoms with Crippen molar-refractivity contribution in [1.29, 1.82) is 0 Å². The van der Waals surface area contributed by atoms with Gasteiger partial charge < -0.3 is 14.0 Å². The molecule has 6 heteroatoms. The van der Waals surface area contributed by atoms with Crippen LogP contribution in [-0.4, -0.2) is 16.1 Å². The summed E-state index contributed by atoms with van der Waals surface area (Å²) in [6, 6.07) is 12.3. The van der Waals surface area contributed by atoms with Gasteiger partial charge >= 0.3 is 5.97 Å². The second kappa shape index (κ2) is 7.17. The Morgan fingerprint density at radius 1 is 1.00 bits per heavy atom. The number of hydrogen-bond donors (Lipinski definition) is 0. The number of carbonyl (C=O) groups excluding carboxylic acids is 1. The Balaban J connectivity index is 1.60. The Bertz CT molecular complexity index is 885. The molecule has 0 amide bonds. The molecule has 0 saturated carbocycles. The molecular formula is C19H18N2O4. The average molecular weight is 338 g/mol. The minimum absolute atomic E-state index is 0.183. The summed E-state index contributed by atoms with van der Waals surface area (Å²) < 4.78 is 15.9. The normalized spacial score (nSPS) is 10.5. The predicted molar refractivity (Wildman–Crippen MR) is 90.7 cm³/mol. The van der Waals surface area contributed by atoms with Crippen LogP contribution in [0.5, 0.6) is 11.5 Å². The van der Waals surface area contributed by atoms with Crippen molar-refractivity contribution in [3.63, 3.8) is 0 Å². The zero-order chi connectivity index (χ0) is 17.8. The fourth-order valence-electron chi connectivity index (χ4n) is 2.18. The SMILES string of the molecule is Cc1noc(COc2ccc(OC(=O)c3ccc(C)c(C)c3)cc2)n1. The van der Waals surface area contributed by atoms with E-state index in [9.17, 15) is 4.79 Å². The highest BCUT2D eigenvalue weighted by molar-refractivity contribution is 5.91. The quantitative estimate of drug-likeness (QED) is 0.520. The van der Waals surface area contributed by atoms with Crippen LogP contribution in [0.1, 0.15) is 33.2 Å². The third-order valence-corrected chi connectivity index (χ3v) is 3.71. The fraction of sp³-hybridized carbons (Fsp3) is 0.211. The number of hydrogen-bond acceptors (Lipinski definition) is 6. The van der Waals surface area contributed by atoms with Crippen molar-refractivity contribution in [3.05, 3.63) is 70.9 Å². The summed E-state index contributed by atoms with van der Waals surface area (Å²) in [4.78, 5) is 16.3. The largest absolute Gasteiger partial charge is 0.484 e. The van der Waals surface area contributed by atoms with E-state index in [1.54, 1.807) is 37.3 Å². The van der Waals surface area contributed by atoms with Crippen LogP contribution in [0.2, 0.25) is 0 Å². The third-order valence-electron chi connectivity index (χ3n) is 3.71. The number of ether oxygens (including phenoxy) is 2. The van der Waals surface area contributed by atoms with Gasteiger partial charge in [-0.2, -0.15) is 4.98 Å². The Hall–Kier alpha value is -3.15. The molecule has 3 rings (SSSR count). The number of nitrogens with zero attached hydrogens (tertiary/aromatic N) is 2. The Labute approximate surface area is 145 Å². The summed E-state index contributed by atoms with van der Waals surface area (Å²) in [6.07, 6.45) is 0. The number of rotatable bonds is 5. The van der Waals surface area contributed by atoms with E-state index in [1.165, 1.54) is 0 Å². The van der Waals surface area contributed by atoms with Gasteiger partial charge in [-0.1, -0.05) is 11.2 Å². The monoisotopic (exact) mass is 338 g/mol. The molecular weight excluding hydrogens is 320 g/mol. The first-order valence-corrected chi connectivity index (χ1v) is 7.83. The van der Waals surface area contributed by atoms with Crippen LogP contribution < -0.4 is 9.47 Å². The molecule has 1 heterocycles. The highest BCUT2D eigenvalue weighted by Crippen LogP contribution is 2.20. The van der Waals surface area contributed by atoms with Crippen molar-refractivity contribution in [3.8, 4) is 11.5 Å². The summed E-state index contributed by atoms with van der Waals surface area (Å²) in [5.74, 6) is 1.64. The second-order valence-electron chi connectivity index (χ2n) is 5.68. The number of benzene rings is 2. The van der Waals surface area contributed by atoms with Gasteiger partial charge in [0.05, 0.1) is 5.56 Å². The van der Waals surface area contributed by atoms with Crippen LogP contribution in [0, 0.1) is 20.8 Å². The lowest BCUT2D eigenvalue weighted by molar-refractivity contribution is 0.0734. The first-order chi connectivity index (χ1) is 12.0. The molecule has 3 aromatic rings. The van der Waals surface area contributed by atoms with Crippen molar-refractivity contribution < 1.29 is 18.8 Å². The van der Waals surface area contributed by atoms with Gasteiger partial charge in [0.25, 0.3) is 5.89 Å². The molecule has 0 atom stereocenters. The van der Waals surface area contributed by atoms with Gasteiger partial charge in [0, 0.05) is 0 Å². The van der Waals surface area contributed by atoms with E-state index >= 15 is 0 Å². The molecule has 128 valence electrons. The molecule has 0 bridgehead atoms. The van der Waals surface area contributed by atoms with E-state index in [1.807, 2.05) is 26.0 Å². The van der Waals surface area contributed by atoms with Crippen LogP contribution in [0.3, 0.4) is 0 Å². The molecule has 0 aliphatic carbocycles. The average Bonchev–Trinajstić information content (AvgIpc) is 3.02. The Morgan fingerprint density at radius 3 is 2.36 bits per heavy atom. The summed E-state index contributed by atoms with van der Waals surface area (Å²) >= 11 is 0. The molecule has 0 unspecified atom stereocenters. The van der Waals surface area contributed by atoms with Crippen molar-refractivity contribution in [2.45, 2.75) is 27.4 Å². The van der Waals surface area contributed by atoms with Gasteiger partial charge in [-0.3, -0.25) is 0 Å². The van der Waals surface area contributed by atoms with Crippen molar-refractivity contribution in [1.82, 2.24) is 10.1 Å². The highest BCUT2D eigenvalue weighted by atomic mass is 16.5. The lowest BCUT2D eigenvalue weighted by Gasteiger charge is -2.07. The summed E-state index contributed by atoms with van der Waals surface area (Å²) in [5, 5.41) is 3.69. The topological polar surface area (TPSA) is 74.5 Å². The molecule has 0 radical (unpaired) electrons. The minimum Gasteiger partial charge on any atom is -0.484 e. The maximum atomic E-state index is 12.2. The number of esters is 1. The van der Waals surface area contributed by atoms with Gasteiger partial charge in [0.1, 0.15) is 11.5 Å². The molecule has 0 spiro atoms. The standard InChI is InChI=1S/C19H18N2O4/c1-12-4-5-15(10-13(12)2)19(22)24-17-8-6-16(7-9-17)23-11-18-20-14(3)21-25-18/h4-10H,11H2,1-3H3. The fourth-order valence-corrected chi connectivity index (χ4v) is 2.18. The molecule has 0 fully saturated rings. The highest BCUT2D eigenvalue weighted by Gasteiger charge is 2.10. The predicted octanol–water partition coefficient (Wildman–Crippen LogP) is 3.79. The van der Waals surface area contributed by atoms with E-state index in [0.717, 1.165) is 11.1 Å². The minimum atomic E-state index is -0.391. The number of aryl methyl sites for hydroxylation is 3. The molecule has 0 saturated heterocycles. The summed E-state index contributed by atoms with van der Waals surface area (Å²) in [5.41, 5.74) is 2.71. The van der Waals surface area contributed by atoms with E-state index < -0.39 is 5.97 Å². The van der Waals surface area contributed by atoms with Crippen molar-refractivity contribution in [2.24, 2.45) is 0 Å². The first-order valence-electron chi connectivity index (χ1n) is 7.83. The van der Waals surface area contributed by atoms with E-state index in [2.05, 4.69) is 10.1 Å². The molecule has 1 aromatic heterocycles. The van der Waals surface area contributed by atoms with Crippen LogP contribution in [0.25, 0.3) is 0 Å². The van der Waals surface area contributed by atoms with Gasteiger partial charge in [0.15, 0.2) is 12.4 Å². The summed E-state index contributed by atoms with van der Waals surface area (Å²) in [7, 11) is 0. The molecule has 25 heavy (non-hydrogen) atoms. The zero-order valence-electron chi connectivity index (χ0n) is 14.3. The molecule has 0 aliphatic rings. The van der Waals surface area contributed by atoms with Crippen LogP contribution in [0.4, 0.5) is 0 Å². The van der Waals surface area contributed by atoms with Crippen LogP contribution >= 0.6 is 0 Å². The Kier molecular flexibility index (Phi) is 4.79. The Morgan fingerprint density at radius 2 is 1.72 bits per heavy atom. The first kappa shape index (κ1) is 16.7. The lowest BCUT2D eigenvalue weighted by atomic mass is 10.1. The maximum absolute atomic E-state index is 12.2. The van der Waals surface area contributed by atoms with Gasteiger partial charge in [-0.25, -0.2) is 4.79 Å². The van der Waals surface area contributed by atoms with Gasteiger partial charge in [-0.15, -0.1) is 0 Å². The summed E-state index contributed by atoms with van der Waals surface area (Å²) in [6.45, 7) is 5.89. The lowest BCUT2D eigenvalue weighted by Crippen LogP contribution is -2.08. The van der Waals surface area contributed by atoms with Crippen molar-refractivity contribution >= 4 is 5.97 Å². The van der Waals surface area contributed by atoms with Crippen LogP contribution in [-0.2, 0) is 6.61 Å². The van der Waals surface area contributed by atoms with Crippen molar-refractivity contribution in [2.75, 3.05) is 0 Å².